The molecule has 0 unspecified atom stereocenters. The van der Waals surface area contributed by atoms with Gasteiger partial charge in [0.15, 0.2) is 0 Å². The third-order valence-electron chi connectivity index (χ3n) is 2.66. The minimum absolute atomic E-state index is 0.0856. The van der Waals surface area contributed by atoms with E-state index in [0.29, 0.717) is 16.8 Å². The predicted octanol–water partition coefficient (Wildman–Crippen LogP) is 2.14. The Morgan fingerprint density at radius 3 is 2.60 bits per heavy atom. The molecule has 0 heterocycles. The van der Waals surface area contributed by atoms with Crippen LogP contribution in [0.15, 0.2) is 27.6 Å². The zero-order valence-corrected chi connectivity index (χ0v) is 14.2. The maximum absolute atomic E-state index is 12.3. The van der Waals surface area contributed by atoms with Crippen molar-refractivity contribution < 1.29 is 18.3 Å². The van der Waals surface area contributed by atoms with E-state index in [1.807, 2.05) is 0 Å². The van der Waals surface area contributed by atoms with Gasteiger partial charge in [0.2, 0.25) is 10.0 Å². The van der Waals surface area contributed by atoms with Gasteiger partial charge < -0.3 is 9.84 Å². The lowest BCUT2D eigenvalue weighted by molar-refractivity contribution is 0.163. The number of ether oxygens (including phenoxy) is 1. The van der Waals surface area contributed by atoms with Crippen molar-refractivity contribution in [3.8, 4) is 5.75 Å². The van der Waals surface area contributed by atoms with Gasteiger partial charge in [0, 0.05) is 23.0 Å². The highest BCUT2D eigenvalue weighted by molar-refractivity contribution is 9.10. The van der Waals surface area contributed by atoms with Crippen molar-refractivity contribution in [3.63, 3.8) is 0 Å². The molecule has 0 aliphatic carbocycles. The van der Waals surface area contributed by atoms with Crippen LogP contribution in [0.5, 0.6) is 5.75 Å². The van der Waals surface area contributed by atoms with E-state index < -0.39 is 15.4 Å². The van der Waals surface area contributed by atoms with Gasteiger partial charge in [-0.15, -0.1) is 0 Å². The van der Waals surface area contributed by atoms with Crippen LogP contribution in [0.4, 0.5) is 0 Å². The quantitative estimate of drug-likeness (QED) is 0.775. The summed E-state index contributed by atoms with van der Waals surface area (Å²) >= 11 is 3.26. The summed E-state index contributed by atoms with van der Waals surface area (Å²) in [6.07, 6.45) is 0. The second kappa shape index (κ2) is 6.89. The molecule has 7 heteroatoms. The third-order valence-corrected chi connectivity index (χ3v) is 4.58. The lowest BCUT2D eigenvalue weighted by Gasteiger charge is -2.22. The van der Waals surface area contributed by atoms with Crippen LogP contribution in [-0.4, -0.2) is 33.3 Å². The van der Waals surface area contributed by atoms with Gasteiger partial charge in [-0.25, -0.2) is 13.1 Å². The number of aliphatic hydroxyl groups is 1. The average Bonchev–Trinajstić information content (AvgIpc) is 2.39. The van der Waals surface area contributed by atoms with Crippen LogP contribution in [0.2, 0.25) is 0 Å². The number of sulfonamides is 1. The molecular formula is C13H20BrNO4S. The van der Waals surface area contributed by atoms with Crippen molar-refractivity contribution in [3.05, 3.63) is 22.7 Å². The minimum atomic E-state index is -3.70. The summed E-state index contributed by atoms with van der Waals surface area (Å²) in [5.41, 5.74) is -0.523. The van der Waals surface area contributed by atoms with Crippen LogP contribution >= 0.6 is 15.9 Å². The molecule has 20 heavy (non-hydrogen) atoms. The molecule has 0 aliphatic rings. The smallest absolute Gasteiger partial charge is 0.244 e. The molecule has 5 nitrogen and oxygen atoms in total. The maximum Gasteiger partial charge on any atom is 0.244 e. The van der Waals surface area contributed by atoms with Gasteiger partial charge in [-0.1, -0.05) is 29.8 Å². The number of hydrogen-bond acceptors (Lipinski definition) is 4. The normalized spacial score (nSPS) is 12.4. The number of hydrogen-bond donors (Lipinski definition) is 2. The molecular weight excluding hydrogens is 346 g/mol. The van der Waals surface area contributed by atoms with Gasteiger partial charge in [0.1, 0.15) is 10.6 Å². The van der Waals surface area contributed by atoms with Gasteiger partial charge in [-0.3, -0.25) is 0 Å². The first-order chi connectivity index (χ1) is 9.22. The van der Waals surface area contributed by atoms with Gasteiger partial charge in [-0.05, 0) is 25.1 Å². The minimum Gasteiger partial charge on any atom is -0.492 e. The molecule has 0 spiro atoms. The van der Waals surface area contributed by atoms with E-state index in [1.54, 1.807) is 32.9 Å². The summed E-state index contributed by atoms with van der Waals surface area (Å²) in [6.45, 7) is 5.77. The number of aliphatic hydroxyl groups excluding tert-OH is 1. The first-order valence-corrected chi connectivity index (χ1v) is 8.52. The summed E-state index contributed by atoms with van der Waals surface area (Å²) < 4.78 is 33.2. The van der Waals surface area contributed by atoms with Crippen LogP contribution in [-0.2, 0) is 10.0 Å². The summed E-state index contributed by atoms with van der Waals surface area (Å²) in [7, 11) is -3.70. The lowest BCUT2D eigenvalue weighted by atomic mass is 9.96. The van der Waals surface area contributed by atoms with Gasteiger partial charge >= 0.3 is 0 Å². The van der Waals surface area contributed by atoms with Crippen LogP contribution < -0.4 is 9.46 Å². The van der Waals surface area contributed by atoms with E-state index >= 15 is 0 Å². The molecule has 1 rings (SSSR count). The highest BCUT2D eigenvalue weighted by Crippen LogP contribution is 2.28. The molecule has 0 amide bonds. The maximum atomic E-state index is 12.3. The largest absolute Gasteiger partial charge is 0.492 e. The molecule has 0 saturated heterocycles. The lowest BCUT2D eigenvalue weighted by Crippen LogP contribution is -2.36. The molecule has 0 saturated carbocycles. The molecule has 1 aromatic carbocycles. The molecule has 2 N–H and O–H groups in total. The highest BCUT2D eigenvalue weighted by Gasteiger charge is 2.24. The van der Waals surface area contributed by atoms with Gasteiger partial charge in [0.25, 0.3) is 0 Å². The fourth-order valence-electron chi connectivity index (χ4n) is 1.39. The molecule has 114 valence electrons. The van der Waals surface area contributed by atoms with Gasteiger partial charge in [0.05, 0.1) is 6.61 Å². The van der Waals surface area contributed by atoms with Crippen LogP contribution in [0, 0.1) is 5.41 Å². The average molecular weight is 366 g/mol. The molecule has 0 atom stereocenters. The van der Waals surface area contributed by atoms with Crippen LogP contribution in [0.1, 0.15) is 20.8 Å². The number of halogens is 1. The Bertz CT molecular complexity index is 557. The molecule has 0 aromatic heterocycles. The van der Waals surface area contributed by atoms with E-state index in [-0.39, 0.29) is 18.0 Å². The Labute approximate surface area is 128 Å². The first-order valence-electron chi connectivity index (χ1n) is 6.25. The summed E-state index contributed by atoms with van der Waals surface area (Å²) in [6, 6.07) is 4.83. The summed E-state index contributed by atoms with van der Waals surface area (Å²) in [5, 5.41) is 9.18. The SMILES string of the molecule is CCOc1ccc(Br)cc1S(=O)(=O)NCC(C)(C)CO. The van der Waals surface area contributed by atoms with Crippen molar-refractivity contribution in [2.75, 3.05) is 19.8 Å². The molecule has 0 bridgehead atoms. The Morgan fingerprint density at radius 2 is 2.05 bits per heavy atom. The van der Waals surface area contributed by atoms with E-state index in [0.717, 1.165) is 0 Å². The topological polar surface area (TPSA) is 75.6 Å². The van der Waals surface area contributed by atoms with Crippen molar-refractivity contribution in [1.82, 2.24) is 4.72 Å². The first kappa shape index (κ1) is 17.4. The Hall–Kier alpha value is -0.630. The zero-order valence-electron chi connectivity index (χ0n) is 11.8. The Morgan fingerprint density at radius 1 is 1.40 bits per heavy atom. The van der Waals surface area contributed by atoms with Crippen LogP contribution in [0.25, 0.3) is 0 Å². The van der Waals surface area contributed by atoms with Crippen molar-refractivity contribution in [2.24, 2.45) is 5.41 Å². The second-order valence-corrected chi connectivity index (χ2v) is 7.82. The number of nitrogens with one attached hydrogen (secondary N) is 1. The van der Waals surface area contributed by atoms with E-state index in [4.69, 9.17) is 4.74 Å². The fourth-order valence-corrected chi connectivity index (χ4v) is 3.31. The number of rotatable bonds is 7. The van der Waals surface area contributed by atoms with Crippen LogP contribution in [0.3, 0.4) is 0 Å². The number of benzene rings is 1. The Kier molecular flexibility index (Phi) is 6.00. The van der Waals surface area contributed by atoms with E-state index in [2.05, 4.69) is 20.7 Å². The van der Waals surface area contributed by atoms with Gasteiger partial charge in [-0.2, -0.15) is 0 Å². The monoisotopic (exact) mass is 365 g/mol. The Balaban J connectivity index is 3.05. The molecule has 0 fully saturated rings. The van der Waals surface area contributed by atoms with E-state index in [9.17, 15) is 13.5 Å². The van der Waals surface area contributed by atoms with Crippen molar-refractivity contribution in [1.29, 1.82) is 0 Å². The second-order valence-electron chi connectivity index (χ2n) is 5.17. The third kappa shape index (κ3) is 4.73. The molecule has 0 aliphatic heterocycles. The van der Waals surface area contributed by atoms with E-state index in [1.165, 1.54) is 6.07 Å². The molecule has 1 aromatic rings. The fraction of sp³-hybridized carbons (Fsp3) is 0.538. The summed E-state index contributed by atoms with van der Waals surface area (Å²) in [4.78, 5) is 0.0856. The van der Waals surface area contributed by atoms with Crippen molar-refractivity contribution >= 4 is 26.0 Å². The molecule has 0 radical (unpaired) electrons. The standard InChI is InChI=1S/C13H20BrNO4S/c1-4-19-11-6-5-10(14)7-12(11)20(17,18)15-8-13(2,3)9-16/h5-7,15-16H,4,8-9H2,1-3H3. The predicted molar refractivity (Wildman–Crippen MR) is 81.4 cm³/mol. The van der Waals surface area contributed by atoms with Crippen molar-refractivity contribution in [2.45, 2.75) is 25.7 Å². The summed E-state index contributed by atoms with van der Waals surface area (Å²) in [5.74, 6) is 0.310. The zero-order chi connectivity index (χ0) is 15.4. The highest BCUT2D eigenvalue weighted by atomic mass is 79.9.